The molecule has 0 bridgehead atoms. The molecule has 2 aromatic rings. The highest BCUT2D eigenvalue weighted by Crippen LogP contribution is 2.10. The largest absolute Gasteiger partial charge is 0.261 e. The number of rotatable bonds is 8. The summed E-state index contributed by atoms with van der Waals surface area (Å²) in [5, 5.41) is 0. The standard InChI is InChI=1S/C18H23N/c1(2-5-11-17-12-6-4-7-13-17)3-8-14-18-15-9-10-16-19-18/h4,6-7,9-10,12-13,15-16H,1-3,5,8,11,14H2. The van der Waals surface area contributed by atoms with Gasteiger partial charge in [0.25, 0.3) is 0 Å². The Balaban J connectivity index is 1.49. The summed E-state index contributed by atoms with van der Waals surface area (Å²) in [5.41, 5.74) is 2.70. The van der Waals surface area contributed by atoms with E-state index in [9.17, 15) is 0 Å². The number of aromatic nitrogens is 1. The quantitative estimate of drug-likeness (QED) is 0.615. The molecule has 1 nitrogen and oxygen atoms in total. The van der Waals surface area contributed by atoms with Crippen LogP contribution in [0.2, 0.25) is 0 Å². The van der Waals surface area contributed by atoms with E-state index in [-0.39, 0.29) is 0 Å². The van der Waals surface area contributed by atoms with E-state index in [2.05, 4.69) is 47.4 Å². The fourth-order valence-corrected chi connectivity index (χ4v) is 2.36. The van der Waals surface area contributed by atoms with Crippen LogP contribution in [0.5, 0.6) is 0 Å². The molecule has 0 aliphatic rings. The monoisotopic (exact) mass is 253 g/mol. The van der Waals surface area contributed by atoms with Crippen molar-refractivity contribution in [2.45, 2.75) is 44.9 Å². The average molecular weight is 253 g/mol. The maximum Gasteiger partial charge on any atom is 0.0403 e. The lowest BCUT2D eigenvalue weighted by Crippen LogP contribution is -1.90. The number of pyridine rings is 1. The van der Waals surface area contributed by atoms with Gasteiger partial charge in [0.15, 0.2) is 0 Å². The number of aryl methyl sites for hydroxylation is 2. The van der Waals surface area contributed by atoms with Crippen LogP contribution in [0.25, 0.3) is 0 Å². The lowest BCUT2D eigenvalue weighted by atomic mass is 10.0. The summed E-state index contributed by atoms with van der Waals surface area (Å²) in [6, 6.07) is 17.0. The van der Waals surface area contributed by atoms with Crippen LogP contribution in [0.4, 0.5) is 0 Å². The van der Waals surface area contributed by atoms with Crippen LogP contribution >= 0.6 is 0 Å². The normalized spacial score (nSPS) is 10.5. The molecule has 1 heterocycles. The third-order valence-electron chi connectivity index (χ3n) is 3.47. The van der Waals surface area contributed by atoms with Crippen LogP contribution in [0.15, 0.2) is 54.7 Å². The number of hydrogen-bond donors (Lipinski definition) is 0. The summed E-state index contributed by atoms with van der Waals surface area (Å²) >= 11 is 0. The van der Waals surface area contributed by atoms with Crippen LogP contribution in [-0.4, -0.2) is 4.98 Å². The molecule has 0 fully saturated rings. The SMILES string of the molecule is c1ccc(CCCCCCCc2ccccn2)cc1. The first-order valence-corrected chi connectivity index (χ1v) is 7.39. The first kappa shape index (κ1) is 13.8. The van der Waals surface area contributed by atoms with Gasteiger partial charge in [-0.3, -0.25) is 4.98 Å². The molecule has 0 amide bonds. The maximum absolute atomic E-state index is 4.35. The second-order valence-electron chi connectivity index (χ2n) is 5.07. The molecule has 0 saturated carbocycles. The molecule has 0 saturated heterocycles. The molecule has 1 aromatic carbocycles. The molecule has 1 heteroatoms. The van der Waals surface area contributed by atoms with Gasteiger partial charge in [0, 0.05) is 11.9 Å². The summed E-state index contributed by atoms with van der Waals surface area (Å²) in [7, 11) is 0. The van der Waals surface area contributed by atoms with Gasteiger partial charge in [-0.2, -0.15) is 0 Å². The van der Waals surface area contributed by atoms with Crippen molar-refractivity contribution < 1.29 is 0 Å². The Hall–Kier alpha value is -1.63. The predicted octanol–water partition coefficient (Wildman–Crippen LogP) is 4.82. The Morgan fingerprint density at radius 1 is 0.632 bits per heavy atom. The second-order valence-corrected chi connectivity index (χ2v) is 5.07. The average Bonchev–Trinajstić information content (AvgIpc) is 2.48. The van der Waals surface area contributed by atoms with E-state index in [4.69, 9.17) is 0 Å². The number of benzene rings is 1. The van der Waals surface area contributed by atoms with Crippen molar-refractivity contribution in [3.05, 3.63) is 66.0 Å². The smallest absolute Gasteiger partial charge is 0.0403 e. The Morgan fingerprint density at radius 2 is 1.32 bits per heavy atom. The van der Waals surface area contributed by atoms with E-state index in [1.807, 2.05) is 12.3 Å². The molecule has 0 atom stereocenters. The molecule has 19 heavy (non-hydrogen) atoms. The summed E-state index contributed by atoms with van der Waals surface area (Å²) in [6.07, 6.45) is 10.8. The van der Waals surface area contributed by atoms with Crippen LogP contribution in [0.1, 0.15) is 43.4 Å². The van der Waals surface area contributed by atoms with Crippen LogP contribution in [0, 0.1) is 0 Å². The van der Waals surface area contributed by atoms with Gasteiger partial charge in [0.1, 0.15) is 0 Å². The minimum Gasteiger partial charge on any atom is -0.261 e. The van der Waals surface area contributed by atoms with Crippen molar-refractivity contribution in [1.29, 1.82) is 0 Å². The van der Waals surface area contributed by atoms with Crippen molar-refractivity contribution in [3.63, 3.8) is 0 Å². The van der Waals surface area contributed by atoms with Crippen molar-refractivity contribution in [3.8, 4) is 0 Å². The van der Waals surface area contributed by atoms with E-state index >= 15 is 0 Å². The van der Waals surface area contributed by atoms with Gasteiger partial charge in [-0.15, -0.1) is 0 Å². The van der Waals surface area contributed by atoms with Gasteiger partial charge in [0.05, 0.1) is 0 Å². The molecule has 100 valence electrons. The minimum atomic E-state index is 1.12. The van der Waals surface area contributed by atoms with Gasteiger partial charge < -0.3 is 0 Å². The molecule has 0 aliphatic heterocycles. The number of nitrogens with zero attached hydrogens (tertiary/aromatic N) is 1. The lowest BCUT2D eigenvalue weighted by Gasteiger charge is -2.02. The highest BCUT2D eigenvalue weighted by molar-refractivity contribution is 5.14. The van der Waals surface area contributed by atoms with Crippen LogP contribution in [0.3, 0.4) is 0 Å². The molecule has 1 aromatic heterocycles. The Bertz CT molecular complexity index is 392. The van der Waals surface area contributed by atoms with E-state index in [1.165, 1.54) is 49.8 Å². The molecular formula is C18H23N. The van der Waals surface area contributed by atoms with Crippen molar-refractivity contribution in [2.24, 2.45) is 0 Å². The fraction of sp³-hybridized carbons (Fsp3) is 0.389. The van der Waals surface area contributed by atoms with Gasteiger partial charge in [-0.1, -0.05) is 55.7 Å². The Kier molecular flexibility index (Phi) is 6.15. The third-order valence-corrected chi connectivity index (χ3v) is 3.47. The van der Waals surface area contributed by atoms with E-state index in [0.717, 1.165) is 6.42 Å². The zero-order valence-electron chi connectivity index (χ0n) is 11.6. The summed E-state index contributed by atoms with van der Waals surface area (Å²) in [5.74, 6) is 0. The maximum atomic E-state index is 4.35. The molecular weight excluding hydrogens is 230 g/mol. The molecule has 0 unspecified atom stereocenters. The zero-order valence-corrected chi connectivity index (χ0v) is 11.6. The van der Waals surface area contributed by atoms with Crippen LogP contribution < -0.4 is 0 Å². The summed E-state index contributed by atoms with van der Waals surface area (Å²) in [4.78, 5) is 4.35. The molecule has 0 aliphatic carbocycles. The second kappa shape index (κ2) is 8.47. The molecule has 2 rings (SSSR count). The highest BCUT2D eigenvalue weighted by Gasteiger charge is 1.95. The van der Waals surface area contributed by atoms with Crippen LogP contribution in [-0.2, 0) is 12.8 Å². The number of unbranched alkanes of at least 4 members (excludes halogenated alkanes) is 4. The number of hydrogen-bond acceptors (Lipinski definition) is 1. The fourth-order valence-electron chi connectivity index (χ4n) is 2.36. The van der Waals surface area contributed by atoms with Crippen molar-refractivity contribution in [2.75, 3.05) is 0 Å². The summed E-state index contributed by atoms with van der Waals surface area (Å²) < 4.78 is 0. The first-order valence-electron chi connectivity index (χ1n) is 7.39. The van der Waals surface area contributed by atoms with Gasteiger partial charge >= 0.3 is 0 Å². The highest BCUT2D eigenvalue weighted by atomic mass is 14.7. The zero-order chi connectivity index (χ0) is 13.2. The molecule has 0 radical (unpaired) electrons. The third kappa shape index (κ3) is 5.69. The topological polar surface area (TPSA) is 12.9 Å². The minimum absolute atomic E-state index is 1.12. The first-order chi connectivity index (χ1) is 9.45. The van der Waals surface area contributed by atoms with E-state index in [1.54, 1.807) is 0 Å². The van der Waals surface area contributed by atoms with E-state index < -0.39 is 0 Å². The van der Waals surface area contributed by atoms with E-state index in [0.29, 0.717) is 0 Å². The Labute approximate surface area is 116 Å². The van der Waals surface area contributed by atoms with Gasteiger partial charge in [-0.25, -0.2) is 0 Å². The predicted molar refractivity (Wildman–Crippen MR) is 81.2 cm³/mol. The van der Waals surface area contributed by atoms with Crippen molar-refractivity contribution in [1.82, 2.24) is 4.98 Å². The lowest BCUT2D eigenvalue weighted by molar-refractivity contribution is 0.610. The van der Waals surface area contributed by atoms with Gasteiger partial charge in [0.2, 0.25) is 0 Å². The molecule has 0 N–H and O–H groups in total. The molecule has 0 spiro atoms. The Morgan fingerprint density at radius 3 is 2.05 bits per heavy atom. The summed E-state index contributed by atoms with van der Waals surface area (Å²) in [6.45, 7) is 0. The van der Waals surface area contributed by atoms with Gasteiger partial charge in [-0.05, 0) is 43.4 Å². The van der Waals surface area contributed by atoms with Crippen molar-refractivity contribution >= 4 is 0 Å².